The third kappa shape index (κ3) is 3.95. The lowest BCUT2D eigenvalue weighted by Crippen LogP contribution is -2.64. The van der Waals surface area contributed by atoms with Crippen LogP contribution in [0.2, 0.25) is 0 Å². The van der Waals surface area contributed by atoms with E-state index in [1.54, 1.807) is 24.3 Å². The molecule has 1 aliphatic rings. The van der Waals surface area contributed by atoms with Crippen molar-refractivity contribution in [2.75, 3.05) is 6.54 Å². The number of rotatable bonds is 5. The first kappa shape index (κ1) is 18.1. The molecule has 0 aromatic heterocycles. The molecular formula is C19H17N3O5. The zero-order valence-electron chi connectivity index (χ0n) is 14.4. The number of ether oxygens (including phenoxy) is 1. The summed E-state index contributed by atoms with van der Waals surface area (Å²) in [5.41, 5.74) is -1.23. The first-order valence-electron chi connectivity index (χ1n) is 8.16. The van der Waals surface area contributed by atoms with Crippen molar-refractivity contribution in [3.05, 3.63) is 60.2 Å². The van der Waals surface area contributed by atoms with E-state index in [1.807, 2.05) is 41.0 Å². The van der Waals surface area contributed by atoms with E-state index < -0.39 is 29.2 Å². The normalized spacial score (nSPS) is 15.5. The highest BCUT2D eigenvalue weighted by Crippen LogP contribution is 2.22. The number of benzene rings is 2. The van der Waals surface area contributed by atoms with Crippen LogP contribution in [-0.2, 0) is 9.59 Å². The molecule has 138 valence electrons. The van der Waals surface area contributed by atoms with E-state index in [4.69, 9.17) is 4.74 Å². The van der Waals surface area contributed by atoms with Gasteiger partial charge in [0, 0.05) is 12.1 Å². The molecule has 5 amide bonds. The van der Waals surface area contributed by atoms with Crippen molar-refractivity contribution in [2.45, 2.75) is 6.92 Å². The fourth-order valence-corrected chi connectivity index (χ4v) is 2.44. The van der Waals surface area contributed by atoms with Crippen LogP contribution in [0.3, 0.4) is 0 Å². The predicted octanol–water partition coefficient (Wildman–Crippen LogP) is 1.58. The Bertz CT molecular complexity index is 873. The van der Waals surface area contributed by atoms with Gasteiger partial charge in [-0.15, -0.1) is 0 Å². The summed E-state index contributed by atoms with van der Waals surface area (Å²) in [5.74, 6) is -0.743. The lowest BCUT2D eigenvalue weighted by atomic mass is 9.86. The summed E-state index contributed by atoms with van der Waals surface area (Å²) >= 11 is 0. The smallest absolute Gasteiger partial charge is 0.328 e. The zero-order valence-corrected chi connectivity index (χ0v) is 14.4. The number of hydrogen-bond donors (Lipinski definition) is 3. The summed E-state index contributed by atoms with van der Waals surface area (Å²) in [4.78, 5) is 47.3. The van der Waals surface area contributed by atoms with Crippen LogP contribution >= 0.6 is 0 Å². The van der Waals surface area contributed by atoms with Gasteiger partial charge in [0.25, 0.3) is 5.91 Å². The average molecular weight is 367 g/mol. The van der Waals surface area contributed by atoms with Gasteiger partial charge in [0.1, 0.15) is 16.9 Å². The van der Waals surface area contributed by atoms with Gasteiger partial charge < -0.3 is 10.1 Å². The molecule has 1 aliphatic heterocycles. The first-order chi connectivity index (χ1) is 12.9. The van der Waals surface area contributed by atoms with Crippen LogP contribution in [0, 0.1) is 5.41 Å². The summed E-state index contributed by atoms with van der Waals surface area (Å²) in [5, 5.41) is 6.57. The zero-order chi connectivity index (χ0) is 19.4. The van der Waals surface area contributed by atoms with Crippen molar-refractivity contribution >= 4 is 23.8 Å². The van der Waals surface area contributed by atoms with Crippen LogP contribution in [0.5, 0.6) is 11.5 Å². The molecule has 27 heavy (non-hydrogen) atoms. The van der Waals surface area contributed by atoms with Gasteiger partial charge >= 0.3 is 6.03 Å². The van der Waals surface area contributed by atoms with Crippen molar-refractivity contribution in [1.82, 2.24) is 16.0 Å². The minimum Gasteiger partial charge on any atom is -0.457 e. The Morgan fingerprint density at radius 1 is 0.926 bits per heavy atom. The Morgan fingerprint density at radius 2 is 1.48 bits per heavy atom. The quantitative estimate of drug-likeness (QED) is 0.695. The number of carbonyl (C=O) groups is 4. The highest BCUT2D eigenvalue weighted by atomic mass is 16.5. The fraction of sp³-hybridized carbons (Fsp3) is 0.158. The molecule has 0 unspecified atom stereocenters. The molecule has 2 aromatic carbocycles. The van der Waals surface area contributed by atoms with Gasteiger partial charge in [-0.2, -0.15) is 0 Å². The average Bonchev–Trinajstić information content (AvgIpc) is 2.66. The minimum atomic E-state index is -1.57. The molecule has 3 rings (SSSR count). The molecule has 1 saturated heterocycles. The SMILES string of the molecule is CC1(CNC(=O)c2ccc(Oc3ccccc3)cc2)C(=O)NC(=O)NC1=O. The second-order valence-electron chi connectivity index (χ2n) is 6.19. The van der Waals surface area contributed by atoms with E-state index in [1.165, 1.54) is 6.92 Å². The Kier molecular flexibility index (Phi) is 4.89. The summed E-state index contributed by atoms with van der Waals surface area (Å²) in [7, 11) is 0. The Morgan fingerprint density at radius 3 is 2.07 bits per heavy atom. The van der Waals surface area contributed by atoms with Crippen LogP contribution in [0.15, 0.2) is 54.6 Å². The van der Waals surface area contributed by atoms with Crippen molar-refractivity contribution in [1.29, 1.82) is 0 Å². The van der Waals surface area contributed by atoms with Gasteiger partial charge in [-0.05, 0) is 43.3 Å². The second-order valence-corrected chi connectivity index (χ2v) is 6.19. The first-order valence-corrected chi connectivity index (χ1v) is 8.16. The number of nitrogens with one attached hydrogen (secondary N) is 3. The van der Waals surface area contributed by atoms with E-state index in [-0.39, 0.29) is 6.54 Å². The van der Waals surface area contributed by atoms with Crippen LogP contribution in [0.4, 0.5) is 4.79 Å². The maximum atomic E-state index is 12.3. The summed E-state index contributed by atoms with van der Waals surface area (Å²) in [6, 6.07) is 14.8. The highest BCUT2D eigenvalue weighted by Gasteiger charge is 2.46. The highest BCUT2D eigenvalue weighted by molar-refractivity contribution is 6.19. The molecule has 0 aliphatic carbocycles. The van der Waals surface area contributed by atoms with E-state index >= 15 is 0 Å². The predicted molar refractivity (Wildman–Crippen MR) is 95.1 cm³/mol. The summed E-state index contributed by atoms with van der Waals surface area (Å²) < 4.78 is 5.65. The lowest BCUT2D eigenvalue weighted by molar-refractivity contribution is -0.142. The molecule has 1 fully saturated rings. The molecular weight excluding hydrogens is 350 g/mol. The molecule has 8 nitrogen and oxygen atoms in total. The van der Waals surface area contributed by atoms with E-state index in [9.17, 15) is 19.2 Å². The standard InChI is InChI=1S/C19H17N3O5/c1-19(16(24)21-18(26)22-17(19)25)11-20-15(23)12-7-9-14(10-8-12)27-13-5-3-2-4-6-13/h2-10H,11H2,1H3,(H,20,23)(H2,21,22,24,25,26). The number of imide groups is 2. The second kappa shape index (κ2) is 7.28. The summed E-state index contributed by atoms with van der Waals surface area (Å²) in [6.45, 7) is 1.10. The van der Waals surface area contributed by atoms with Crippen molar-refractivity contribution < 1.29 is 23.9 Å². The molecule has 0 bridgehead atoms. The molecule has 2 aromatic rings. The molecule has 3 N–H and O–H groups in total. The van der Waals surface area contributed by atoms with Crippen molar-refractivity contribution in [3.63, 3.8) is 0 Å². The van der Waals surface area contributed by atoms with Gasteiger partial charge in [0.05, 0.1) is 0 Å². The molecule has 8 heteroatoms. The number of amides is 5. The number of carbonyl (C=O) groups excluding carboxylic acids is 4. The van der Waals surface area contributed by atoms with Gasteiger partial charge in [-0.3, -0.25) is 25.0 Å². The van der Waals surface area contributed by atoms with E-state index in [2.05, 4.69) is 5.32 Å². The van der Waals surface area contributed by atoms with Gasteiger partial charge in [0.15, 0.2) is 0 Å². The van der Waals surface area contributed by atoms with Gasteiger partial charge in [-0.25, -0.2) is 4.79 Å². The fourth-order valence-electron chi connectivity index (χ4n) is 2.44. The van der Waals surface area contributed by atoms with Gasteiger partial charge in [-0.1, -0.05) is 18.2 Å². The molecule has 0 saturated carbocycles. The van der Waals surface area contributed by atoms with Crippen LogP contribution < -0.4 is 20.7 Å². The third-order valence-corrected chi connectivity index (χ3v) is 4.15. The van der Waals surface area contributed by atoms with Gasteiger partial charge in [0.2, 0.25) is 11.8 Å². The number of hydrogen-bond acceptors (Lipinski definition) is 5. The maximum absolute atomic E-state index is 12.3. The number of barbiturate groups is 1. The number of para-hydroxylation sites is 1. The largest absolute Gasteiger partial charge is 0.457 e. The topological polar surface area (TPSA) is 114 Å². The molecule has 0 spiro atoms. The van der Waals surface area contributed by atoms with E-state index in [0.29, 0.717) is 17.1 Å². The molecule has 0 radical (unpaired) electrons. The Hall–Kier alpha value is -3.68. The summed E-state index contributed by atoms with van der Waals surface area (Å²) in [6.07, 6.45) is 0. The van der Waals surface area contributed by atoms with Crippen LogP contribution in [-0.4, -0.2) is 30.3 Å². The van der Waals surface area contributed by atoms with Crippen molar-refractivity contribution in [2.24, 2.45) is 5.41 Å². The van der Waals surface area contributed by atoms with Crippen LogP contribution in [0.1, 0.15) is 17.3 Å². The molecule has 0 atom stereocenters. The lowest BCUT2D eigenvalue weighted by Gasteiger charge is -2.30. The molecule has 1 heterocycles. The monoisotopic (exact) mass is 367 g/mol. The van der Waals surface area contributed by atoms with Crippen molar-refractivity contribution in [3.8, 4) is 11.5 Å². The minimum absolute atomic E-state index is 0.251. The Balaban J connectivity index is 1.62. The maximum Gasteiger partial charge on any atom is 0.328 e. The number of urea groups is 1. The Labute approximate surface area is 154 Å². The van der Waals surface area contributed by atoms with E-state index in [0.717, 1.165) is 0 Å². The third-order valence-electron chi connectivity index (χ3n) is 4.15. The van der Waals surface area contributed by atoms with Crippen LogP contribution in [0.25, 0.3) is 0 Å².